The number of hydrogen-bond donors (Lipinski definition) is 1. The van der Waals surface area contributed by atoms with Crippen molar-refractivity contribution >= 4 is 49.6 Å². The zero-order chi connectivity index (χ0) is 25.4. The third-order valence-corrected chi connectivity index (χ3v) is 7.00. The smallest absolute Gasteiger partial charge is 0.462 e. The lowest BCUT2D eigenvalue weighted by atomic mass is 10.0. The summed E-state index contributed by atoms with van der Waals surface area (Å²) >= 11 is 1.21. The highest BCUT2D eigenvalue weighted by molar-refractivity contribution is 7.22. The van der Waals surface area contributed by atoms with E-state index in [9.17, 15) is 18.0 Å². The van der Waals surface area contributed by atoms with Crippen LogP contribution >= 0.6 is 11.3 Å². The summed E-state index contributed by atoms with van der Waals surface area (Å²) in [7, 11) is 2.09. The molecule has 0 amide bonds. The van der Waals surface area contributed by atoms with Crippen LogP contribution in [-0.4, -0.2) is 58.5 Å². The molecule has 0 radical (unpaired) electrons. The minimum Gasteiger partial charge on any atom is -0.462 e. The number of ether oxygens (including phenoxy) is 2. The van der Waals surface area contributed by atoms with Gasteiger partial charge in [0.25, 0.3) is 0 Å². The van der Waals surface area contributed by atoms with Crippen LogP contribution in [0.4, 0.5) is 24.3 Å². The van der Waals surface area contributed by atoms with Gasteiger partial charge in [0.2, 0.25) is 5.95 Å². The second kappa shape index (κ2) is 9.58. The minimum absolute atomic E-state index is 0.184. The summed E-state index contributed by atoms with van der Waals surface area (Å²) in [6.07, 6.45) is -2.91. The second-order valence-electron chi connectivity index (χ2n) is 8.59. The number of benzene rings is 2. The van der Waals surface area contributed by atoms with Crippen LogP contribution in [0, 0.1) is 0 Å². The number of carbonyl (C=O) groups is 1. The summed E-state index contributed by atoms with van der Waals surface area (Å²) in [6.45, 7) is 3.91. The number of aromatic nitrogens is 3. The van der Waals surface area contributed by atoms with Gasteiger partial charge in [-0.05, 0) is 70.2 Å². The fourth-order valence-electron chi connectivity index (χ4n) is 4.40. The maximum atomic E-state index is 12.6. The highest BCUT2D eigenvalue weighted by Gasteiger charge is 2.31. The summed E-state index contributed by atoms with van der Waals surface area (Å²) < 4.78 is 49.7. The monoisotopic (exact) mass is 519 g/mol. The zero-order valence-corrected chi connectivity index (χ0v) is 20.4. The van der Waals surface area contributed by atoms with E-state index in [4.69, 9.17) is 9.72 Å². The quantitative estimate of drug-likeness (QED) is 0.326. The van der Waals surface area contributed by atoms with Crippen molar-refractivity contribution in [2.45, 2.75) is 32.2 Å². The normalized spacial score (nSPS) is 15.5. The number of carbonyl (C=O) groups excluding carboxylic acids is 1. The predicted molar refractivity (Wildman–Crippen MR) is 131 cm³/mol. The first kappa shape index (κ1) is 24.3. The SMILES string of the molecule is CCOC(=O)c1ccc2c(c1)nc(Nc1nc3ccc(OC(F)(F)F)cc3s1)n2C1CCN(C)CC1. The lowest BCUT2D eigenvalue weighted by Crippen LogP contribution is -2.31. The number of nitrogens with one attached hydrogen (secondary N) is 1. The van der Waals surface area contributed by atoms with Crippen molar-refractivity contribution in [1.82, 2.24) is 19.4 Å². The Morgan fingerprint density at radius 2 is 1.92 bits per heavy atom. The van der Waals surface area contributed by atoms with Crippen molar-refractivity contribution < 1.29 is 27.4 Å². The van der Waals surface area contributed by atoms with E-state index < -0.39 is 12.3 Å². The number of piperidine rings is 1. The number of halogens is 3. The molecule has 1 aliphatic rings. The predicted octanol–water partition coefficient (Wildman–Crippen LogP) is 5.73. The fraction of sp³-hybridized carbons (Fsp3) is 0.375. The van der Waals surface area contributed by atoms with Crippen molar-refractivity contribution in [3.63, 3.8) is 0 Å². The molecule has 0 bridgehead atoms. The second-order valence-corrected chi connectivity index (χ2v) is 9.62. The highest BCUT2D eigenvalue weighted by Crippen LogP contribution is 2.36. The lowest BCUT2D eigenvalue weighted by Gasteiger charge is -2.31. The number of esters is 1. The van der Waals surface area contributed by atoms with Crippen LogP contribution in [0.3, 0.4) is 0 Å². The van der Waals surface area contributed by atoms with Crippen LogP contribution in [0.25, 0.3) is 21.3 Å². The lowest BCUT2D eigenvalue weighted by molar-refractivity contribution is -0.274. The van der Waals surface area contributed by atoms with Gasteiger partial charge in [-0.1, -0.05) is 11.3 Å². The van der Waals surface area contributed by atoms with Crippen LogP contribution < -0.4 is 10.1 Å². The molecule has 1 fully saturated rings. The number of rotatable bonds is 6. The summed E-state index contributed by atoms with van der Waals surface area (Å²) in [5.74, 6) is -0.146. The van der Waals surface area contributed by atoms with E-state index >= 15 is 0 Å². The average molecular weight is 520 g/mol. The van der Waals surface area contributed by atoms with E-state index in [0.717, 1.165) is 31.4 Å². The molecule has 1 saturated heterocycles. The minimum atomic E-state index is -4.76. The number of alkyl halides is 3. The number of imidazole rings is 1. The van der Waals surface area contributed by atoms with Crippen molar-refractivity contribution in [3.8, 4) is 5.75 Å². The Morgan fingerprint density at radius 3 is 2.64 bits per heavy atom. The molecule has 36 heavy (non-hydrogen) atoms. The Bertz CT molecular complexity index is 1410. The number of hydrogen-bond acceptors (Lipinski definition) is 8. The Kier molecular flexibility index (Phi) is 6.47. The van der Waals surface area contributed by atoms with Gasteiger partial charge in [0.05, 0.1) is 33.4 Å². The molecule has 0 unspecified atom stereocenters. The summed E-state index contributed by atoms with van der Waals surface area (Å²) in [4.78, 5) is 23.8. The van der Waals surface area contributed by atoms with Gasteiger partial charge in [-0.2, -0.15) is 0 Å². The molecule has 0 spiro atoms. The molecular formula is C24H24F3N5O3S. The molecule has 5 rings (SSSR count). The largest absolute Gasteiger partial charge is 0.573 e. The molecule has 1 N–H and O–H groups in total. The molecule has 0 saturated carbocycles. The molecule has 1 aliphatic heterocycles. The van der Waals surface area contributed by atoms with Gasteiger partial charge in [-0.3, -0.25) is 0 Å². The van der Waals surface area contributed by atoms with E-state index in [1.54, 1.807) is 19.1 Å². The van der Waals surface area contributed by atoms with Gasteiger partial charge in [0, 0.05) is 12.1 Å². The number of thiazole rings is 1. The topological polar surface area (TPSA) is 81.5 Å². The van der Waals surface area contributed by atoms with Crippen molar-refractivity contribution in [2.75, 3.05) is 32.1 Å². The molecule has 3 heterocycles. The maximum Gasteiger partial charge on any atom is 0.573 e. The van der Waals surface area contributed by atoms with Gasteiger partial charge in [0.15, 0.2) is 5.13 Å². The van der Waals surface area contributed by atoms with Gasteiger partial charge < -0.3 is 24.3 Å². The standard InChI is InChI=1S/C24H24F3N5O3S/c1-3-34-21(33)14-4-7-19-18(12-14)28-22(32(19)15-8-10-31(2)11-9-15)30-23-29-17-6-5-16(13-20(17)36-23)35-24(25,26)27/h4-7,12-13,15H,3,8-11H2,1-2H3,(H,28,29,30). The molecule has 190 valence electrons. The summed E-state index contributed by atoms with van der Waals surface area (Å²) in [5, 5.41) is 3.76. The summed E-state index contributed by atoms with van der Waals surface area (Å²) in [5.41, 5.74) is 2.48. The molecule has 4 aromatic rings. The first-order chi connectivity index (χ1) is 17.2. The van der Waals surface area contributed by atoms with E-state index in [1.807, 2.05) is 6.07 Å². The molecule has 2 aromatic heterocycles. The van der Waals surface area contributed by atoms with Crippen molar-refractivity contribution in [2.24, 2.45) is 0 Å². The fourth-order valence-corrected chi connectivity index (χ4v) is 5.29. The van der Waals surface area contributed by atoms with E-state index in [0.29, 0.717) is 32.4 Å². The molecular weight excluding hydrogens is 495 g/mol. The number of likely N-dealkylation sites (tertiary alicyclic amines) is 1. The Labute approximate surface area is 208 Å². The first-order valence-corrected chi connectivity index (χ1v) is 12.3. The van der Waals surface area contributed by atoms with Crippen LogP contribution in [0.5, 0.6) is 5.75 Å². The third-order valence-electron chi connectivity index (χ3n) is 6.07. The first-order valence-electron chi connectivity index (χ1n) is 11.5. The Balaban J connectivity index is 1.51. The van der Waals surface area contributed by atoms with Gasteiger partial charge in [-0.15, -0.1) is 13.2 Å². The zero-order valence-electron chi connectivity index (χ0n) is 19.6. The molecule has 12 heteroatoms. The molecule has 8 nitrogen and oxygen atoms in total. The van der Waals surface area contributed by atoms with Gasteiger partial charge in [0.1, 0.15) is 5.75 Å². The van der Waals surface area contributed by atoms with Crippen LogP contribution in [-0.2, 0) is 4.74 Å². The maximum absolute atomic E-state index is 12.6. The average Bonchev–Trinajstić information content (AvgIpc) is 3.38. The summed E-state index contributed by atoms with van der Waals surface area (Å²) in [6, 6.07) is 9.55. The molecule has 0 aliphatic carbocycles. The van der Waals surface area contributed by atoms with Crippen LogP contribution in [0.2, 0.25) is 0 Å². The number of nitrogens with zero attached hydrogens (tertiary/aromatic N) is 4. The Morgan fingerprint density at radius 1 is 1.14 bits per heavy atom. The molecule has 0 atom stereocenters. The van der Waals surface area contributed by atoms with E-state index in [1.165, 1.54) is 29.5 Å². The van der Waals surface area contributed by atoms with E-state index in [-0.39, 0.29) is 18.4 Å². The number of fused-ring (bicyclic) bond motifs is 2. The van der Waals surface area contributed by atoms with Gasteiger partial charge in [-0.25, -0.2) is 14.8 Å². The van der Waals surface area contributed by atoms with E-state index in [2.05, 4.69) is 31.6 Å². The van der Waals surface area contributed by atoms with Gasteiger partial charge >= 0.3 is 12.3 Å². The van der Waals surface area contributed by atoms with Crippen LogP contribution in [0.1, 0.15) is 36.2 Å². The highest BCUT2D eigenvalue weighted by atomic mass is 32.1. The Hall–Kier alpha value is -3.38. The van der Waals surface area contributed by atoms with Crippen molar-refractivity contribution in [3.05, 3.63) is 42.0 Å². The van der Waals surface area contributed by atoms with Crippen molar-refractivity contribution in [1.29, 1.82) is 0 Å². The number of anilines is 2. The molecule has 2 aromatic carbocycles. The third kappa shape index (κ3) is 5.09. The van der Waals surface area contributed by atoms with Crippen LogP contribution in [0.15, 0.2) is 36.4 Å².